The molecule has 0 amide bonds. The molecule has 1 aliphatic rings. The van der Waals surface area contributed by atoms with Gasteiger partial charge in [-0.2, -0.15) is 9.61 Å². The molecule has 1 fully saturated rings. The number of rotatable bonds is 9. The number of aromatic nitrogens is 3. The summed E-state index contributed by atoms with van der Waals surface area (Å²) < 4.78 is 18.0. The third-order valence-electron chi connectivity index (χ3n) is 6.94. The maximum Gasteiger partial charge on any atom is 0.278 e. The van der Waals surface area contributed by atoms with E-state index in [-0.39, 0.29) is 5.56 Å². The maximum absolute atomic E-state index is 13.8. The van der Waals surface area contributed by atoms with Crippen molar-refractivity contribution in [2.75, 3.05) is 45.4 Å². The fraction of sp³-hybridized carbons (Fsp3) is 0.379. The van der Waals surface area contributed by atoms with Gasteiger partial charge in [0, 0.05) is 43.4 Å². The Labute approximate surface area is 216 Å². The fourth-order valence-electron chi connectivity index (χ4n) is 5.01. The van der Waals surface area contributed by atoms with E-state index in [0.717, 1.165) is 59.8 Å². The minimum Gasteiger partial charge on any atom is -0.493 e. The molecule has 1 saturated heterocycles. The molecule has 0 spiro atoms. The number of anilines is 1. The average molecular weight is 503 g/mol. The first kappa shape index (κ1) is 24.9. The van der Waals surface area contributed by atoms with Crippen LogP contribution >= 0.6 is 0 Å². The topological polar surface area (TPSA) is 81.1 Å². The molecule has 0 radical (unpaired) electrons. The van der Waals surface area contributed by atoms with E-state index in [9.17, 15) is 4.79 Å². The number of nitrogens with one attached hydrogen (secondary N) is 1. The van der Waals surface area contributed by atoms with E-state index in [1.54, 1.807) is 18.7 Å². The highest BCUT2D eigenvalue weighted by Gasteiger charge is 2.25. The van der Waals surface area contributed by atoms with Gasteiger partial charge in [0.2, 0.25) is 0 Å². The number of hydrogen-bond acceptors (Lipinski definition) is 6. The number of ether oxygens (including phenoxy) is 3. The number of methoxy groups -OCH3 is 2. The monoisotopic (exact) mass is 502 g/mol. The van der Waals surface area contributed by atoms with E-state index >= 15 is 0 Å². The van der Waals surface area contributed by atoms with Gasteiger partial charge >= 0.3 is 0 Å². The number of benzene rings is 2. The second-order valence-corrected chi connectivity index (χ2v) is 9.41. The fourth-order valence-corrected chi connectivity index (χ4v) is 5.01. The standard InChI is InChI=1S/C29H34N4O4/c1-20-23(18-21-12-13-24(36-3)25(19-21)37-17-16-35-2)29(34)33-28(30-20)27(32-14-8-5-9-15-32)26(31-33)22-10-6-4-7-11-22/h4,6-7,10-13,19,30H,5,8-9,14-18H2,1-3H3. The summed E-state index contributed by atoms with van der Waals surface area (Å²) in [4.78, 5) is 19.8. The van der Waals surface area contributed by atoms with Crippen molar-refractivity contribution in [3.8, 4) is 22.8 Å². The van der Waals surface area contributed by atoms with Crippen molar-refractivity contribution in [3.63, 3.8) is 0 Å². The lowest BCUT2D eigenvalue weighted by atomic mass is 10.0. The van der Waals surface area contributed by atoms with E-state index in [2.05, 4.69) is 22.0 Å². The molecular weight excluding hydrogens is 468 g/mol. The molecule has 0 unspecified atom stereocenters. The minimum absolute atomic E-state index is 0.107. The minimum atomic E-state index is -0.107. The Morgan fingerprint density at radius 2 is 1.76 bits per heavy atom. The number of hydrogen-bond donors (Lipinski definition) is 1. The van der Waals surface area contributed by atoms with E-state index in [0.29, 0.717) is 36.7 Å². The molecule has 37 heavy (non-hydrogen) atoms. The van der Waals surface area contributed by atoms with E-state index in [4.69, 9.17) is 19.3 Å². The second-order valence-electron chi connectivity index (χ2n) is 9.41. The van der Waals surface area contributed by atoms with Crippen molar-refractivity contribution in [1.29, 1.82) is 0 Å². The molecule has 5 rings (SSSR count). The molecule has 0 saturated carbocycles. The summed E-state index contributed by atoms with van der Waals surface area (Å²) in [6.45, 7) is 4.77. The number of aromatic amines is 1. The maximum atomic E-state index is 13.8. The predicted octanol–water partition coefficient (Wildman–Crippen LogP) is 4.61. The van der Waals surface area contributed by atoms with E-state index < -0.39 is 0 Å². The highest BCUT2D eigenvalue weighted by atomic mass is 16.5. The number of nitrogens with zero attached hydrogens (tertiary/aromatic N) is 3. The quantitative estimate of drug-likeness (QED) is 0.337. The molecule has 2 aromatic carbocycles. The van der Waals surface area contributed by atoms with Crippen LogP contribution in [0.5, 0.6) is 11.5 Å². The molecule has 0 aliphatic carbocycles. The Hall–Kier alpha value is -3.78. The van der Waals surface area contributed by atoms with Crippen LogP contribution in [0.4, 0.5) is 5.69 Å². The molecular formula is C29H34N4O4. The van der Waals surface area contributed by atoms with Gasteiger partial charge in [-0.25, -0.2) is 0 Å². The number of H-pyrrole nitrogens is 1. The molecule has 8 heteroatoms. The molecule has 0 bridgehead atoms. The van der Waals surface area contributed by atoms with Crippen LogP contribution in [0.25, 0.3) is 16.9 Å². The van der Waals surface area contributed by atoms with Crippen LogP contribution in [-0.2, 0) is 11.2 Å². The van der Waals surface area contributed by atoms with Crippen molar-refractivity contribution in [1.82, 2.24) is 14.6 Å². The van der Waals surface area contributed by atoms with Crippen molar-refractivity contribution in [3.05, 3.63) is 75.7 Å². The molecule has 2 aromatic heterocycles. The predicted molar refractivity (Wildman–Crippen MR) is 145 cm³/mol. The van der Waals surface area contributed by atoms with Gasteiger partial charge in [-0.05, 0) is 43.9 Å². The SMILES string of the molecule is COCCOc1cc(Cc2c(C)[nH]c3c(N4CCCCC4)c(-c4ccccc4)nn3c2=O)ccc1OC. The smallest absolute Gasteiger partial charge is 0.278 e. The summed E-state index contributed by atoms with van der Waals surface area (Å²) in [5.41, 5.74) is 5.97. The lowest BCUT2D eigenvalue weighted by molar-refractivity contribution is 0.144. The first-order valence-corrected chi connectivity index (χ1v) is 12.8. The van der Waals surface area contributed by atoms with Crippen LogP contribution in [-0.4, -0.2) is 55.1 Å². The van der Waals surface area contributed by atoms with Crippen LogP contribution in [0, 0.1) is 6.92 Å². The number of aryl methyl sites for hydroxylation is 1. The molecule has 1 aliphatic heterocycles. The van der Waals surface area contributed by atoms with Gasteiger partial charge in [0.1, 0.15) is 18.0 Å². The highest BCUT2D eigenvalue weighted by molar-refractivity contribution is 5.86. The van der Waals surface area contributed by atoms with Crippen molar-refractivity contribution < 1.29 is 14.2 Å². The molecule has 3 heterocycles. The lowest BCUT2D eigenvalue weighted by Crippen LogP contribution is -2.30. The Balaban J connectivity index is 1.57. The van der Waals surface area contributed by atoms with Gasteiger partial charge < -0.3 is 24.1 Å². The van der Waals surface area contributed by atoms with Crippen LogP contribution in [0.2, 0.25) is 0 Å². The van der Waals surface area contributed by atoms with Gasteiger partial charge in [0.25, 0.3) is 5.56 Å². The number of piperidine rings is 1. The summed E-state index contributed by atoms with van der Waals surface area (Å²) in [6, 6.07) is 15.9. The summed E-state index contributed by atoms with van der Waals surface area (Å²) in [7, 11) is 3.25. The van der Waals surface area contributed by atoms with Crippen LogP contribution in [0.15, 0.2) is 53.3 Å². The van der Waals surface area contributed by atoms with E-state index in [1.165, 1.54) is 6.42 Å². The zero-order chi connectivity index (χ0) is 25.8. The Kier molecular flexibility index (Phi) is 7.46. The first-order valence-electron chi connectivity index (χ1n) is 12.8. The van der Waals surface area contributed by atoms with Gasteiger partial charge in [0.15, 0.2) is 17.1 Å². The molecule has 8 nitrogen and oxygen atoms in total. The van der Waals surface area contributed by atoms with Crippen LogP contribution in [0.3, 0.4) is 0 Å². The zero-order valence-corrected chi connectivity index (χ0v) is 21.8. The van der Waals surface area contributed by atoms with Crippen molar-refractivity contribution in [2.45, 2.75) is 32.6 Å². The van der Waals surface area contributed by atoms with Crippen LogP contribution < -0.4 is 19.9 Å². The molecule has 4 aromatic rings. The summed E-state index contributed by atoms with van der Waals surface area (Å²) in [5.74, 6) is 1.27. The van der Waals surface area contributed by atoms with Gasteiger partial charge in [0.05, 0.1) is 13.7 Å². The zero-order valence-electron chi connectivity index (χ0n) is 21.8. The first-order chi connectivity index (χ1) is 18.1. The summed E-state index contributed by atoms with van der Waals surface area (Å²) in [5, 5.41) is 4.87. The molecule has 0 atom stereocenters. The summed E-state index contributed by atoms with van der Waals surface area (Å²) in [6.07, 6.45) is 3.95. The normalized spacial score (nSPS) is 13.8. The Morgan fingerprint density at radius 3 is 2.49 bits per heavy atom. The van der Waals surface area contributed by atoms with Gasteiger partial charge in [-0.3, -0.25) is 4.79 Å². The Bertz CT molecular complexity index is 1420. The van der Waals surface area contributed by atoms with Crippen molar-refractivity contribution in [2.24, 2.45) is 0 Å². The van der Waals surface area contributed by atoms with E-state index in [1.807, 2.05) is 43.3 Å². The van der Waals surface area contributed by atoms with Crippen LogP contribution in [0.1, 0.15) is 36.1 Å². The second kappa shape index (κ2) is 11.1. The van der Waals surface area contributed by atoms with Gasteiger partial charge in [-0.15, -0.1) is 0 Å². The molecule has 194 valence electrons. The van der Waals surface area contributed by atoms with Crippen molar-refractivity contribution >= 4 is 11.3 Å². The average Bonchev–Trinajstić information content (AvgIpc) is 3.32. The highest BCUT2D eigenvalue weighted by Crippen LogP contribution is 2.35. The Morgan fingerprint density at radius 1 is 0.973 bits per heavy atom. The largest absolute Gasteiger partial charge is 0.493 e. The third kappa shape index (κ3) is 5.06. The third-order valence-corrected chi connectivity index (χ3v) is 6.94. The number of fused-ring (bicyclic) bond motifs is 1. The summed E-state index contributed by atoms with van der Waals surface area (Å²) >= 11 is 0. The lowest BCUT2D eigenvalue weighted by Gasteiger charge is -2.28. The van der Waals surface area contributed by atoms with Gasteiger partial charge in [-0.1, -0.05) is 36.4 Å². The molecule has 1 N–H and O–H groups in total.